The molecule has 3 aromatic carbocycles. The molecule has 216 valence electrons. The van der Waals surface area contributed by atoms with Gasteiger partial charge in [-0.2, -0.15) is 0 Å². The maximum Gasteiger partial charge on any atom is 0.344 e. The van der Waals surface area contributed by atoms with Crippen LogP contribution in [0.5, 0.6) is 17.2 Å². The number of aryl methyl sites for hydroxylation is 1. The number of phenols is 1. The number of ketones is 1. The third-order valence-electron chi connectivity index (χ3n) is 7.53. The minimum absolute atomic E-state index is 0.00953. The highest BCUT2D eigenvalue weighted by molar-refractivity contribution is 6.27. The van der Waals surface area contributed by atoms with E-state index in [-0.39, 0.29) is 52.0 Å². The van der Waals surface area contributed by atoms with E-state index in [1.807, 2.05) is 43.3 Å². The number of hydrogen-bond acceptors (Lipinski definition) is 9. The van der Waals surface area contributed by atoms with Crippen LogP contribution in [0.25, 0.3) is 10.8 Å². The van der Waals surface area contributed by atoms with Crippen molar-refractivity contribution in [3.63, 3.8) is 0 Å². The van der Waals surface area contributed by atoms with E-state index in [4.69, 9.17) is 19.4 Å². The fourth-order valence-corrected chi connectivity index (χ4v) is 5.40. The summed E-state index contributed by atoms with van der Waals surface area (Å²) in [4.78, 5) is 43.1. The summed E-state index contributed by atoms with van der Waals surface area (Å²) >= 11 is 0. The lowest BCUT2D eigenvalue weighted by molar-refractivity contribution is -0.142. The average molecular weight is 573 g/mol. The van der Waals surface area contributed by atoms with Crippen molar-refractivity contribution in [2.45, 2.75) is 32.7 Å². The summed E-state index contributed by atoms with van der Waals surface area (Å²) in [7, 11) is 1.34. The number of rotatable bonds is 8. The first-order valence-electron chi connectivity index (χ1n) is 13.0. The lowest BCUT2D eigenvalue weighted by Gasteiger charge is -2.28. The molecule has 11 heteroatoms. The van der Waals surface area contributed by atoms with Gasteiger partial charge in [0.15, 0.2) is 11.5 Å². The van der Waals surface area contributed by atoms with Crippen LogP contribution >= 0.6 is 0 Å². The lowest BCUT2D eigenvalue weighted by atomic mass is 9.71. The Bertz CT molecular complexity index is 1770. The quantitative estimate of drug-likeness (QED) is 0.229. The zero-order valence-corrected chi connectivity index (χ0v) is 23.3. The number of nitrogens with one attached hydrogen (secondary N) is 1. The highest BCUT2D eigenvalue weighted by atomic mass is 16.6. The maximum absolute atomic E-state index is 13.9. The number of carboxylic acids is 1. The van der Waals surface area contributed by atoms with Gasteiger partial charge in [0.1, 0.15) is 34.0 Å². The van der Waals surface area contributed by atoms with Gasteiger partial charge in [0.2, 0.25) is 6.61 Å². The maximum atomic E-state index is 13.9. The van der Waals surface area contributed by atoms with Gasteiger partial charge in [0.25, 0.3) is 5.91 Å². The first-order chi connectivity index (χ1) is 20.0. The van der Waals surface area contributed by atoms with E-state index >= 15 is 0 Å². The van der Waals surface area contributed by atoms with Crippen LogP contribution in [0.1, 0.15) is 40.9 Å². The number of aliphatic carboxylic acids is 1. The first-order valence-corrected chi connectivity index (χ1v) is 13.0. The van der Waals surface area contributed by atoms with Gasteiger partial charge in [-0.1, -0.05) is 41.6 Å². The van der Waals surface area contributed by atoms with Crippen molar-refractivity contribution in [1.29, 1.82) is 0 Å². The van der Waals surface area contributed by atoms with Gasteiger partial charge in [-0.3, -0.25) is 9.59 Å². The molecule has 0 aromatic heterocycles. The van der Waals surface area contributed by atoms with E-state index in [0.29, 0.717) is 0 Å². The van der Waals surface area contributed by atoms with Crippen LogP contribution in [0.2, 0.25) is 0 Å². The highest BCUT2D eigenvalue weighted by Crippen LogP contribution is 2.56. The molecule has 1 aliphatic carbocycles. The summed E-state index contributed by atoms with van der Waals surface area (Å²) in [6.07, 6.45) is 1.19. The van der Waals surface area contributed by atoms with Gasteiger partial charge in [-0.05, 0) is 42.7 Å². The predicted molar refractivity (Wildman–Crippen MR) is 152 cm³/mol. The number of amides is 1. The molecule has 0 fully saturated rings. The molecule has 0 saturated carbocycles. The Morgan fingerprint density at radius 3 is 2.60 bits per heavy atom. The second kappa shape index (κ2) is 10.6. The Labute approximate surface area is 240 Å². The van der Waals surface area contributed by atoms with Crippen LogP contribution < -0.4 is 14.8 Å². The van der Waals surface area contributed by atoms with E-state index in [2.05, 4.69) is 10.5 Å². The van der Waals surface area contributed by atoms with Gasteiger partial charge in [-0.25, -0.2) is 4.79 Å². The molecule has 0 spiro atoms. The van der Waals surface area contributed by atoms with E-state index in [1.54, 1.807) is 0 Å². The van der Waals surface area contributed by atoms with Crippen molar-refractivity contribution in [3.05, 3.63) is 87.9 Å². The van der Waals surface area contributed by atoms with Crippen molar-refractivity contribution in [1.82, 2.24) is 5.32 Å². The Morgan fingerprint density at radius 1 is 1.14 bits per heavy atom. The number of benzene rings is 3. The summed E-state index contributed by atoms with van der Waals surface area (Å²) in [6, 6.07) is 13.0. The number of hydrogen-bond donors (Lipinski definition) is 4. The van der Waals surface area contributed by atoms with E-state index < -0.39 is 35.4 Å². The number of carboxylic acid groups (broad SMARTS) is 1. The second-order valence-corrected chi connectivity index (χ2v) is 10.1. The third kappa shape index (κ3) is 4.48. The third-order valence-corrected chi connectivity index (χ3v) is 7.53. The Balaban J connectivity index is 1.54. The van der Waals surface area contributed by atoms with Crippen molar-refractivity contribution in [3.8, 4) is 17.2 Å². The van der Waals surface area contributed by atoms with Crippen LogP contribution in [0, 0.1) is 6.92 Å². The molecule has 2 aliphatic rings. The summed E-state index contributed by atoms with van der Waals surface area (Å²) < 4.78 is 11.4. The standard InChI is InChI=1S/C31H28N2O9/c1-15-9-10-17-7-5-6-8-18(17)19(15)13-32-30(39)26-22(40-4)11-21(35)27-28(26)42-23-12-20(34)25(29(38)31(23,27)3)16(2)33-41-14-24(36)37/h5-12,34-35H,13-14H2,1-4H3,(H,32,39)(H,36,37)/b33-16+/t31-/m1/s1. The monoisotopic (exact) mass is 572 g/mol. The number of carbonyl (C=O) groups is 3. The van der Waals surface area contributed by atoms with E-state index in [9.17, 15) is 24.6 Å². The number of ether oxygens (including phenoxy) is 2. The minimum atomic E-state index is -1.65. The van der Waals surface area contributed by atoms with Crippen LogP contribution in [0.3, 0.4) is 0 Å². The van der Waals surface area contributed by atoms with Gasteiger partial charge in [-0.15, -0.1) is 0 Å². The predicted octanol–water partition coefficient (Wildman–Crippen LogP) is 4.20. The number of allylic oxidation sites excluding steroid dienone is 3. The van der Waals surface area contributed by atoms with Crippen molar-refractivity contribution in [2.24, 2.45) is 5.16 Å². The van der Waals surface area contributed by atoms with Crippen LogP contribution in [0.4, 0.5) is 0 Å². The number of aliphatic hydroxyl groups is 1. The molecule has 3 aromatic rings. The minimum Gasteiger partial charge on any atom is -0.507 e. The summed E-state index contributed by atoms with van der Waals surface area (Å²) in [5, 5.41) is 39.2. The molecule has 0 bridgehead atoms. The number of carbonyl (C=O) groups excluding carboxylic acids is 2. The molecule has 1 atom stereocenters. The normalized spacial score (nSPS) is 17.8. The van der Waals surface area contributed by atoms with Crippen molar-refractivity contribution in [2.75, 3.05) is 13.7 Å². The van der Waals surface area contributed by atoms with Crippen LogP contribution in [-0.4, -0.2) is 52.4 Å². The van der Waals surface area contributed by atoms with Gasteiger partial charge in [0.05, 0.1) is 24.0 Å². The topological polar surface area (TPSA) is 164 Å². The van der Waals surface area contributed by atoms with Crippen LogP contribution in [-0.2, 0) is 26.4 Å². The number of oxime groups is 1. The molecule has 0 radical (unpaired) electrons. The molecule has 0 saturated heterocycles. The largest absolute Gasteiger partial charge is 0.507 e. The molecule has 1 aliphatic heterocycles. The first kappa shape index (κ1) is 28.2. The van der Waals surface area contributed by atoms with Gasteiger partial charge >= 0.3 is 5.97 Å². The van der Waals surface area contributed by atoms with Gasteiger partial charge in [0, 0.05) is 18.7 Å². The molecule has 5 rings (SSSR count). The van der Waals surface area contributed by atoms with Crippen molar-refractivity contribution >= 4 is 34.1 Å². The summed E-state index contributed by atoms with van der Waals surface area (Å²) in [6.45, 7) is 4.24. The summed E-state index contributed by atoms with van der Waals surface area (Å²) in [5.74, 6) is -3.49. The molecule has 42 heavy (non-hydrogen) atoms. The second-order valence-electron chi connectivity index (χ2n) is 10.1. The van der Waals surface area contributed by atoms with E-state index in [0.717, 1.165) is 21.9 Å². The number of aliphatic hydroxyl groups excluding tert-OH is 1. The number of phenolic OH excluding ortho intramolecular Hbond substituents is 1. The number of fused-ring (bicyclic) bond motifs is 4. The smallest absolute Gasteiger partial charge is 0.344 e. The number of nitrogens with zero attached hydrogens (tertiary/aromatic N) is 1. The average Bonchev–Trinajstić information content (AvgIpc) is 3.25. The number of Topliss-reactive ketones (excluding diaryl/α,β-unsaturated/α-hetero) is 1. The van der Waals surface area contributed by atoms with E-state index in [1.165, 1.54) is 33.1 Å². The van der Waals surface area contributed by atoms with Gasteiger partial charge < -0.3 is 34.9 Å². The highest BCUT2D eigenvalue weighted by Gasteiger charge is 2.55. The van der Waals surface area contributed by atoms with Crippen molar-refractivity contribution < 1.29 is 44.0 Å². The molecule has 0 unspecified atom stereocenters. The Kier molecular flexibility index (Phi) is 7.11. The zero-order chi connectivity index (χ0) is 30.3. The number of methoxy groups -OCH3 is 1. The fourth-order valence-electron chi connectivity index (χ4n) is 5.40. The molecular formula is C31H28N2O9. The number of aromatic hydroxyl groups is 1. The Hall–Kier alpha value is -5.32. The molecule has 1 heterocycles. The SMILES string of the molecule is COc1cc(O)c2c(c1C(=O)NCc1c(C)ccc3ccccc13)OC1=CC(O)=C(/C(C)=N/OCC(=O)O)C(=O)[C@]12C. The zero-order valence-electron chi connectivity index (χ0n) is 23.3. The molecule has 11 nitrogen and oxygen atoms in total. The lowest BCUT2D eigenvalue weighted by Crippen LogP contribution is -2.39. The molecular weight excluding hydrogens is 544 g/mol. The van der Waals surface area contributed by atoms with Crippen LogP contribution in [0.15, 0.2) is 70.8 Å². The molecule has 1 amide bonds. The molecule has 4 N–H and O–H groups in total. The summed E-state index contributed by atoms with van der Waals surface area (Å²) in [5.41, 5.74) is -0.109. The fraction of sp³-hybridized carbons (Fsp3) is 0.226. The Morgan fingerprint density at radius 2 is 1.88 bits per heavy atom.